The van der Waals surface area contributed by atoms with Gasteiger partial charge in [-0.2, -0.15) is 5.10 Å². The summed E-state index contributed by atoms with van der Waals surface area (Å²) in [6.07, 6.45) is 11.0. The highest BCUT2D eigenvalue weighted by atomic mass is 16.1. The SMILES string of the molecule is CCC(=O)Nc1cncc(-c2ccc3[nH]nc(-c4cc5c(-c6cccnc6)cncc5[nH]4)c3n2)c1. The number of amides is 1. The van der Waals surface area contributed by atoms with E-state index in [2.05, 4.69) is 41.5 Å². The van der Waals surface area contributed by atoms with Crippen LogP contribution in [0.3, 0.4) is 0 Å². The van der Waals surface area contributed by atoms with E-state index >= 15 is 0 Å². The minimum absolute atomic E-state index is 0.0663. The summed E-state index contributed by atoms with van der Waals surface area (Å²) in [6, 6.07) is 11.7. The lowest BCUT2D eigenvalue weighted by atomic mass is 10.1. The Morgan fingerprint density at radius 3 is 2.69 bits per heavy atom. The maximum atomic E-state index is 11.8. The lowest BCUT2D eigenvalue weighted by Crippen LogP contribution is -2.09. The number of hydrogen-bond donors (Lipinski definition) is 3. The molecule has 0 fully saturated rings. The van der Waals surface area contributed by atoms with Gasteiger partial charge in [0.1, 0.15) is 11.2 Å². The summed E-state index contributed by atoms with van der Waals surface area (Å²) in [4.78, 5) is 33.0. The summed E-state index contributed by atoms with van der Waals surface area (Å²) < 4.78 is 0. The van der Waals surface area contributed by atoms with Gasteiger partial charge in [0.25, 0.3) is 0 Å². The normalized spacial score (nSPS) is 11.2. The first-order chi connectivity index (χ1) is 17.2. The number of aromatic nitrogens is 7. The number of rotatable bonds is 5. The molecule has 35 heavy (non-hydrogen) atoms. The summed E-state index contributed by atoms with van der Waals surface area (Å²) in [5.41, 5.74) is 8.13. The Labute approximate surface area is 199 Å². The minimum Gasteiger partial charge on any atom is -0.352 e. The standard InChI is InChI=1S/C26H20N8O/c1-2-24(35)30-17-8-16(11-28-12-17)20-5-6-21-25(32-20)26(34-33-21)22-9-18-19(13-29-14-23(18)31-22)15-4-3-7-27-10-15/h3-14,31H,2H2,1H3,(H,30,35)(H,33,34). The van der Waals surface area contributed by atoms with Crippen molar-refractivity contribution in [1.29, 1.82) is 0 Å². The average Bonchev–Trinajstić information content (AvgIpc) is 3.53. The fourth-order valence-corrected chi connectivity index (χ4v) is 4.08. The molecule has 0 radical (unpaired) electrons. The molecule has 0 aliphatic heterocycles. The number of nitrogens with one attached hydrogen (secondary N) is 3. The smallest absolute Gasteiger partial charge is 0.224 e. The van der Waals surface area contributed by atoms with Crippen LogP contribution >= 0.6 is 0 Å². The summed E-state index contributed by atoms with van der Waals surface area (Å²) in [5.74, 6) is -0.0663. The van der Waals surface area contributed by atoms with E-state index in [4.69, 9.17) is 4.98 Å². The second-order valence-electron chi connectivity index (χ2n) is 8.10. The number of carbonyl (C=O) groups is 1. The van der Waals surface area contributed by atoms with Gasteiger partial charge in [-0.3, -0.25) is 24.8 Å². The third-order valence-corrected chi connectivity index (χ3v) is 5.82. The number of nitrogens with zero attached hydrogens (tertiary/aromatic N) is 5. The van der Waals surface area contributed by atoms with Crippen molar-refractivity contribution in [3.63, 3.8) is 0 Å². The number of carbonyl (C=O) groups excluding carboxylic acids is 1. The van der Waals surface area contributed by atoms with Crippen LogP contribution in [0.25, 0.3) is 55.7 Å². The number of aromatic amines is 2. The van der Waals surface area contributed by atoms with Gasteiger partial charge in [-0.05, 0) is 30.3 Å². The van der Waals surface area contributed by atoms with Crippen LogP contribution in [-0.4, -0.2) is 41.0 Å². The summed E-state index contributed by atoms with van der Waals surface area (Å²) in [6.45, 7) is 1.81. The third-order valence-electron chi connectivity index (χ3n) is 5.82. The molecule has 0 saturated heterocycles. The zero-order valence-electron chi connectivity index (χ0n) is 18.8. The van der Waals surface area contributed by atoms with Crippen molar-refractivity contribution in [3.05, 3.63) is 73.6 Å². The molecule has 0 spiro atoms. The molecule has 6 aromatic rings. The molecule has 0 saturated carbocycles. The molecule has 170 valence electrons. The number of hydrogen-bond acceptors (Lipinski definition) is 6. The molecule has 0 unspecified atom stereocenters. The van der Waals surface area contributed by atoms with Gasteiger partial charge in [-0.1, -0.05) is 13.0 Å². The molecular formula is C26H20N8O. The fourth-order valence-electron chi connectivity index (χ4n) is 4.08. The molecule has 0 bridgehead atoms. The number of anilines is 1. The van der Waals surface area contributed by atoms with Crippen molar-refractivity contribution < 1.29 is 4.79 Å². The molecular weight excluding hydrogens is 440 g/mol. The fraction of sp³-hybridized carbons (Fsp3) is 0.0769. The van der Waals surface area contributed by atoms with Crippen LogP contribution in [0.1, 0.15) is 13.3 Å². The van der Waals surface area contributed by atoms with E-state index in [0.717, 1.165) is 50.0 Å². The molecule has 9 heteroatoms. The first-order valence-corrected chi connectivity index (χ1v) is 11.2. The first-order valence-electron chi connectivity index (χ1n) is 11.2. The molecule has 1 amide bonds. The van der Waals surface area contributed by atoms with Crippen LogP contribution in [0.5, 0.6) is 0 Å². The van der Waals surface area contributed by atoms with E-state index < -0.39 is 0 Å². The lowest BCUT2D eigenvalue weighted by molar-refractivity contribution is -0.115. The number of fused-ring (bicyclic) bond motifs is 2. The van der Waals surface area contributed by atoms with E-state index in [9.17, 15) is 4.79 Å². The first kappa shape index (κ1) is 20.7. The lowest BCUT2D eigenvalue weighted by Gasteiger charge is -2.06. The molecule has 3 N–H and O–H groups in total. The number of H-pyrrole nitrogens is 2. The molecule has 0 atom stereocenters. The van der Waals surface area contributed by atoms with Gasteiger partial charge >= 0.3 is 0 Å². The van der Waals surface area contributed by atoms with Crippen LogP contribution < -0.4 is 5.32 Å². The molecule has 9 nitrogen and oxygen atoms in total. The monoisotopic (exact) mass is 460 g/mol. The molecule has 0 aromatic carbocycles. The Morgan fingerprint density at radius 2 is 1.83 bits per heavy atom. The third kappa shape index (κ3) is 3.78. The maximum absolute atomic E-state index is 11.8. The Kier molecular flexibility index (Phi) is 4.99. The predicted octanol–water partition coefficient (Wildman–Crippen LogP) is 4.97. The van der Waals surface area contributed by atoms with Crippen molar-refractivity contribution in [2.24, 2.45) is 0 Å². The van der Waals surface area contributed by atoms with Gasteiger partial charge in [0.2, 0.25) is 5.91 Å². The predicted molar refractivity (Wildman–Crippen MR) is 134 cm³/mol. The number of pyridine rings is 4. The maximum Gasteiger partial charge on any atom is 0.224 e. The van der Waals surface area contributed by atoms with Gasteiger partial charge in [-0.25, -0.2) is 4.98 Å². The van der Waals surface area contributed by atoms with Gasteiger partial charge in [0.05, 0.1) is 40.5 Å². The quantitative estimate of drug-likeness (QED) is 0.333. The molecule has 0 aliphatic carbocycles. The minimum atomic E-state index is -0.0663. The summed E-state index contributed by atoms with van der Waals surface area (Å²) >= 11 is 0. The van der Waals surface area contributed by atoms with Crippen molar-refractivity contribution in [2.75, 3.05) is 5.32 Å². The van der Waals surface area contributed by atoms with Crippen molar-refractivity contribution in [3.8, 4) is 33.8 Å². The van der Waals surface area contributed by atoms with Gasteiger partial charge in [-0.15, -0.1) is 0 Å². The van der Waals surface area contributed by atoms with E-state index in [1.165, 1.54) is 0 Å². The summed E-state index contributed by atoms with van der Waals surface area (Å²) in [7, 11) is 0. The van der Waals surface area contributed by atoms with Gasteiger partial charge < -0.3 is 10.3 Å². The topological polar surface area (TPSA) is 125 Å². The van der Waals surface area contributed by atoms with Gasteiger partial charge in [0, 0.05) is 53.3 Å². The van der Waals surface area contributed by atoms with E-state index in [-0.39, 0.29) is 5.91 Å². The van der Waals surface area contributed by atoms with Crippen LogP contribution in [0, 0.1) is 0 Å². The van der Waals surface area contributed by atoms with Crippen LogP contribution in [0.2, 0.25) is 0 Å². The van der Waals surface area contributed by atoms with Crippen molar-refractivity contribution in [2.45, 2.75) is 13.3 Å². The second kappa shape index (κ2) is 8.45. The second-order valence-corrected chi connectivity index (χ2v) is 8.10. The highest BCUT2D eigenvalue weighted by Gasteiger charge is 2.16. The molecule has 0 aliphatic rings. The van der Waals surface area contributed by atoms with E-state index in [1.54, 1.807) is 24.8 Å². The zero-order valence-corrected chi connectivity index (χ0v) is 18.8. The van der Waals surface area contributed by atoms with Crippen LogP contribution in [-0.2, 0) is 4.79 Å². The largest absolute Gasteiger partial charge is 0.352 e. The average molecular weight is 461 g/mol. The summed E-state index contributed by atoms with van der Waals surface area (Å²) in [5, 5.41) is 11.5. The Morgan fingerprint density at radius 1 is 0.943 bits per heavy atom. The molecule has 6 aromatic heterocycles. The Balaban J connectivity index is 1.43. The highest BCUT2D eigenvalue weighted by molar-refractivity contribution is 6.00. The van der Waals surface area contributed by atoms with E-state index in [1.807, 2.05) is 49.6 Å². The van der Waals surface area contributed by atoms with E-state index in [0.29, 0.717) is 17.8 Å². The molecule has 6 heterocycles. The van der Waals surface area contributed by atoms with Crippen molar-refractivity contribution in [1.82, 2.24) is 35.1 Å². The highest BCUT2D eigenvalue weighted by Crippen LogP contribution is 2.33. The Bertz CT molecular complexity index is 1690. The van der Waals surface area contributed by atoms with Crippen LogP contribution in [0.4, 0.5) is 5.69 Å². The zero-order chi connectivity index (χ0) is 23.8. The Hall–Kier alpha value is -4.92. The van der Waals surface area contributed by atoms with Crippen LogP contribution in [0.15, 0.2) is 73.6 Å². The van der Waals surface area contributed by atoms with Crippen molar-refractivity contribution >= 4 is 33.5 Å². The molecule has 6 rings (SSSR count). The van der Waals surface area contributed by atoms with Gasteiger partial charge in [0.15, 0.2) is 0 Å².